The molecule has 3 aromatic carbocycles. The Bertz CT molecular complexity index is 990. The number of hydrogen-bond acceptors (Lipinski definition) is 3. The van der Waals surface area contributed by atoms with Crippen molar-refractivity contribution in [1.29, 1.82) is 0 Å². The maximum Gasteiger partial charge on any atom is 0.127 e. The highest BCUT2D eigenvalue weighted by Crippen LogP contribution is 2.25. The molecule has 3 rings (SSSR count). The van der Waals surface area contributed by atoms with Crippen LogP contribution in [0.1, 0.15) is 22.3 Å². The number of benzene rings is 3. The third-order valence-electron chi connectivity index (χ3n) is 4.53. The highest BCUT2D eigenvalue weighted by Gasteiger charge is 2.03. The molecule has 0 saturated heterocycles. The lowest BCUT2D eigenvalue weighted by Gasteiger charge is -2.09. The summed E-state index contributed by atoms with van der Waals surface area (Å²) in [6.07, 6.45) is 7.97. The zero-order valence-corrected chi connectivity index (χ0v) is 17.2. The standard InChI is InChI=1S/C26H25FO3/c1-28-24-13-7-20(8-14-24)3-4-22-6-12-23(26(19-22)30-18-17-27)11-5-21-9-15-25(29-2)16-10-21/h3-16,19H,17-18H2,1-2H3/b4-3+,11-5+/i27-1. The van der Waals surface area contributed by atoms with Gasteiger partial charge in [0.15, 0.2) is 0 Å². The van der Waals surface area contributed by atoms with Crippen molar-refractivity contribution < 1.29 is 18.6 Å². The maximum absolute atomic E-state index is 12.7. The summed E-state index contributed by atoms with van der Waals surface area (Å²) in [7, 11) is 3.29. The first-order valence-corrected chi connectivity index (χ1v) is 9.69. The fourth-order valence-electron chi connectivity index (χ4n) is 2.87. The van der Waals surface area contributed by atoms with E-state index in [1.165, 1.54) is 0 Å². The minimum Gasteiger partial charge on any atom is -0.497 e. The molecular weight excluding hydrogens is 378 g/mol. The number of rotatable bonds is 9. The largest absolute Gasteiger partial charge is 0.497 e. The predicted octanol–water partition coefficient (Wildman–Crippen LogP) is 6.39. The Kier molecular flexibility index (Phi) is 7.67. The Morgan fingerprint density at radius 3 is 1.70 bits per heavy atom. The summed E-state index contributed by atoms with van der Waals surface area (Å²) in [6.45, 7) is -0.511. The van der Waals surface area contributed by atoms with E-state index < -0.39 is 6.67 Å². The van der Waals surface area contributed by atoms with Gasteiger partial charge in [-0.2, -0.15) is 0 Å². The fraction of sp³-hybridized carbons (Fsp3) is 0.154. The Labute approximate surface area is 177 Å². The number of alkyl halides is 1. The average molecular weight is 403 g/mol. The van der Waals surface area contributed by atoms with Crippen LogP contribution in [-0.4, -0.2) is 27.5 Å². The lowest BCUT2D eigenvalue weighted by atomic mass is 10.1. The average Bonchev–Trinajstić information content (AvgIpc) is 2.81. The molecule has 0 spiro atoms. The van der Waals surface area contributed by atoms with E-state index in [4.69, 9.17) is 14.2 Å². The van der Waals surface area contributed by atoms with Gasteiger partial charge in [-0.25, -0.2) is 4.39 Å². The molecule has 0 aliphatic carbocycles. The molecule has 30 heavy (non-hydrogen) atoms. The van der Waals surface area contributed by atoms with Gasteiger partial charge in [-0.15, -0.1) is 0 Å². The first-order chi connectivity index (χ1) is 14.7. The molecule has 4 heteroatoms. The second kappa shape index (κ2) is 10.9. The summed E-state index contributed by atoms with van der Waals surface area (Å²) in [5.41, 5.74) is 3.96. The second-order valence-electron chi connectivity index (χ2n) is 6.55. The van der Waals surface area contributed by atoms with E-state index in [2.05, 4.69) is 0 Å². The van der Waals surface area contributed by atoms with E-state index in [1.54, 1.807) is 14.2 Å². The number of ether oxygens (including phenoxy) is 3. The van der Waals surface area contributed by atoms with Gasteiger partial charge >= 0.3 is 0 Å². The van der Waals surface area contributed by atoms with Gasteiger partial charge in [0, 0.05) is 5.56 Å². The van der Waals surface area contributed by atoms with Gasteiger partial charge < -0.3 is 14.2 Å². The molecule has 0 amide bonds. The minimum absolute atomic E-state index is 0.0228. The first-order valence-electron chi connectivity index (χ1n) is 9.69. The predicted molar refractivity (Wildman–Crippen MR) is 122 cm³/mol. The van der Waals surface area contributed by atoms with Gasteiger partial charge in [0.1, 0.15) is 30.5 Å². The molecule has 3 aromatic rings. The van der Waals surface area contributed by atoms with Crippen LogP contribution in [0.4, 0.5) is 4.39 Å². The molecule has 0 N–H and O–H groups in total. The molecule has 0 aliphatic heterocycles. The van der Waals surface area contributed by atoms with Crippen LogP contribution in [-0.2, 0) is 0 Å². The summed E-state index contributed by atoms with van der Waals surface area (Å²) in [6, 6.07) is 21.5. The molecule has 3 nitrogen and oxygen atoms in total. The van der Waals surface area contributed by atoms with Gasteiger partial charge in [0.2, 0.25) is 0 Å². The van der Waals surface area contributed by atoms with Crippen molar-refractivity contribution in [2.24, 2.45) is 0 Å². The smallest absolute Gasteiger partial charge is 0.127 e. The van der Waals surface area contributed by atoms with Crippen molar-refractivity contribution in [3.8, 4) is 17.2 Å². The topological polar surface area (TPSA) is 27.7 Å². The van der Waals surface area contributed by atoms with Gasteiger partial charge in [-0.1, -0.05) is 60.7 Å². The lowest BCUT2D eigenvalue weighted by molar-refractivity contribution is 0.273. The molecule has 0 fully saturated rings. The van der Waals surface area contributed by atoms with Crippen molar-refractivity contribution in [1.82, 2.24) is 0 Å². The quantitative estimate of drug-likeness (QED) is 0.387. The number of halogens is 1. The van der Waals surface area contributed by atoms with Crippen LogP contribution in [0.2, 0.25) is 0 Å². The summed E-state index contributed by atoms with van der Waals surface area (Å²) in [4.78, 5) is 0. The SMILES string of the molecule is COc1ccc(/C=C/c2ccc(/C=C/c3ccc(OC)cc3)c(OCC[18F])c2)cc1. The summed E-state index contributed by atoms with van der Waals surface area (Å²) < 4.78 is 28.7. The van der Waals surface area contributed by atoms with Gasteiger partial charge in [0.25, 0.3) is 0 Å². The molecule has 0 saturated carbocycles. The zero-order chi connectivity index (χ0) is 21.2. The Hall–Kier alpha value is -3.53. The van der Waals surface area contributed by atoms with Gasteiger partial charge in [-0.05, 0) is 47.0 Å². The van der Waals surface area contributed by atoms with Crippen molar-refractivity contribution in [2.45, 2.75) is 0 Å². The highest BCUT2D eigenvalue weighted by atomic mass is 18.2. The summed E-state index contributed by atoms with van der Waals surface area (Å²) >= 11 is 0. The molecule has 0 heterocycles. The van der Waals surface area contributed by atoms with Crippen LogP contribution < -0.4 is 14.2 Å². The van der Waals surface area contributed by atoms with Crippen LogP contribution in [0.5, 0.6) is 17.2 Å². The Morgan fingerprint density at radius 2 is 1.17 bits per heavy atom. The summed E-state index contributed by atoms with van der Waals surface area (Å²) in [5.74, 6) is 2.28. The van der Waals surface area contributed by atoms with Gasteiger partial charge in [-0.3, -0.25) is 0 Å². The molecule has 154 valence electrons. The number of methoxy groups -OCH3 is 2. The monoisotopic (exact) mass is 403 g/mol. The van der Waals surface area contributed by atoms with Crippen LogP contribution in [0.15, 0.2) is 66.7 Å². The Balaban J connectivity index is 1.79. The molecule has 0 atom stereocenters. The molecule has 0 radical (unpaired) electrons. The van der Waals surface area contributed by atoms with Crippen LogP contribution in [0.25, 0.3) is 24.3 Å². The second-order valence-corrected chi connectivity index (χ2v) is 6.55. The van der Waals surface area contributed by atoms with Crippen molar-refractivity contribution in [2.75, 3.05) is 27.5 Å². The van der Waals surface area contributed by atoms with Crippen LogP contribution in [0, 0.1) is 0 Å². The molecule has 0 aliphatic rings. The van der Waals surface area contributed by atoms with Gasteiger partial charge in [0.05, 0.1) is 14.2 Å². The van der Waals surface area contributed by atoms with E-state index in [9.17, 15) is 4.39 Å². The zero-order valence-electron chi connectivity index (χ0n) is 17.2. The van der Waals surface area contributed by atoms with E-state index >= 15 is 0 Å². The van der Waals surface area contributed by atoms with E-state index in [1.807, 2.05) is 91.0 Å². The highest BCUT2D eigenvalue weighted by molar-refractivity contribution is 5.76. The molecule has 0 bridgehead atoms. The third kappa shape index (κ3) is 5.98. The fourth-order valence-corrected chi connectivity index (χ4v) is 2.87. The normalized spacial score (nSPS) is 11.2. The number of hydrogen-bond donors (Lipinski definition) is 0. The van der Waals surface area contributed by atoms with Crippen molar-refractivity contribution >= 4 is 24.3 Å². The van der Waals surface area contributed by atoms with E-state index in [0.29, 0.717) is 5.75 Å². The molecular formula is C26H25FO3. The maximum atomic E-state index is 12.7. The minimum atomic E-state index is -0.534. The first kappa shape index (κ1) is 21.2. The van der Waals surface area contributed by atoms with Crippen LogP contribution in [0.3, 0.4) is 0 Å². The molecule has 0 unspecified atom stereocenters. The van der Waals surface area contributed by atoms with Crippen molar-refractivity contribution in [3.05, 3.63) is 89.0 Å². The van der Waals surface area contributed by atoms with Crippen molar-refractivity contribution in [3.63, 3.8) is 0 Å². The van der Waals surface area contributed by atoms with E-state index in [-0.39, 0.29) is 6.61 Å². The van der Waals surface area contributed by atoms with E-state index in [0.717, 1.165) is 33.8 Å². The summed E-state index contributed by atoms with van der Waals surface area (Å²) in [5, 5.41) is 0. The molecule has 0 aromatic heterocycles. The third-order valence-corrected chi connectivity index (χ3v) is 4.53. The van der Waals surface area contributed by atoms with Crippen LogP contribution >= 0.6 is 0 Å². The lowest BCUT2D eigenvalue weighted by Crippen LogP contribution is -2.00. The Morgan fingerprint density at radius 1 is 0.667 bits per heavy atom.